The minimum atomic E-state index is -1.68. The fraction of sp³-hybridized carbons (Fsp3) is 0.917. The molecule has 0 saturated carbocycles. The van der Waals surface area contributed by atoms with E-state index >= 15 is 0 Å². The van der Waals surface area contributed by atoms with Crippen LogP contribution < -0.4 is 0 Å². The molecule has 0 aromatic heterocycles. The van der Waals surface area contributed by atoms with E-state index in [1.54, 1.807) is 0 Å². The summed E-state index contributed by atoms with van der Waals surface area (Å²) < 4.78 is 17.0. The maximum Gasteiger partial charge on any atom is 0.334 e. The Hall–Kier alpha value is -0.176. The van der Waals surface area contributed by atoms with Gasteiger partial charge in [0.05, 0.1) is 6.61 Å². The van der Waals surface area contributed by atoms with Crippen LogP contribution in [0, 0.1) is 0 Å². The molecule has 106 valence electrons. The van der Waals surface area contributed by atoms with Crippen LogP contribution in [-0.4, -0.2) is 41.4 Å². The second-order valence-electron chi connectivity index (χ2n) is 6.78. The van der Waals surface area contributed by atoms with Crippen LogP contribution in [0.3, 0.4) is 0 Å². The number of carbonyl (C=O) groups is 1. The van der Waals surface area contributed by atoms with E-state index in [2.05, 4.69) is 39.3 Å². The summed E-state index contributed by atoms with van der Waals surface area (Å²) in [5.74, 6) is -0.215. The van der Waals surface area contributed by atoms with Crippen molar-refractivity contribution in [2.45, 2.75) is 64.3 Å². The van der Waals surface area contributed by atoms with E-state index in [0.29, 0.717) is 6.61 Å². The van der Waals surface area contributed by atoms with Crippen molar-refractivity contribution in [3.05, 3.63) is 0 Å². The molecular formula is C12H26O4Si2. The lowest BCUT2D eigenvalue weighted by Crippen LogP contribution is -2.44. The number of carbonyl (C=O) groups excluding carboxylic acids is 1. The summed E-state index contributed by atoms with van der Waals surface area (Å²) in [5, 5.41) is 0. The van der Waals surface area contributed by atoms with Gasteiger partial charge in [-0.3, -0.25) is 0 Å². The lowest BCUT2D eigenvalue weighted by atomic mass is 10.1. The summed E-state index contributed by atoms with van der Waals surface area (Å²) in [6, 6.07) is 0. The number of ether oxygens (including phenoxy) is 1. The summed E-state index contributed by atoms with van der Waals surface area (Å²) in [4.78, 5) is 11.8. The fourth-order valence-electron chi connectivity index (χ4n) is 1.75. The van der Waals surface area contributed by atoms with Gasteiger partial charge in [0.25, 0.3) is 0 Å². The van der Waals surface area contributed by atoms with Crippen LogP contribution in [0.25, 0.3) is 0 Å². The molecule has 1 fully saturated rings. The third-order valence-corrected chi connectivity index (χ3v) is 4.52. The number of cyclic esters (lactones) is 1. The van der Waals surface area contributed by atoms with Crippen LogP contribution in [0.15, 0.2) is 0 Å². The highest BCUT2D eigenvalue weighted by Gasteiger charge is 2.34. The summed E-state index contributed by atoms with van der Waals surface area (Å²) in [6.07, 6.45) is 1.14. The zero-order valence-electron chi connectivity index (χ0n) is 12.4. The summed E-state index contributed by atoms with van der Waals surface area (Å²) in [6.45, 7) is 13.2. The normalized spacial score (nSPS) is 26.0. The van der Waals surface area contributed by atoms with Crippen molar-refractivity contribution in [3.63, 3.8) is 0 Å². The van der Waals surface area contributed by atoms with Crippen molar-refractivity contribution in [2.75, 3.05) is 6.61 Å². The Labute approximate surface area is 112 Å². The van der Waals surface area contributed by atoms with E-state index in [4.69, 9.17) is 13.6 Å². The molecule has 6 heteroatoms. The Morgan fingerprint density at radius 1 is 1.11 bits per heavy atom. The van der Waals surface area contributed by atoms with E-state index in [-0.39, 0.29) is 18.2 Å². The van der Waals surface area contributed by atoms with E-state index in [1.165, 1.54) is 0 Å². The first kappa shape index (κ1) is 15.9. The van der Waals surface area contributed by atoms with Crippen molar-refractivity contribution in [2.24, 2.45) is 0 Å². The first-order valence-electron chi connectivity index (χ1n) is 6.59. The van der Waals surface area contributed by atoms with Gasteiger partial charge < -0.3 is 13.6 Å². The van der Waals surface area contributed by atoms with Gasteiger partial charge >= 0.3 is 5.97 Å². The van der Waals surface area contributed by atoms with Gasteiger partial charge in [-0.2, -0.15) is 0 Å². The number of hydrogen-bond acceptors (Lipinski definition) is 4. The predicted molar refractivity (Wildman–Crippen MR) is 76.6 cm³/mol. The number of rotatable bonds is 5. The monoisotopic (exact) mass is 290 g/mol. The molecule has 0 amide bonds. The summed E-state index contributed by atoms with van der Waals surface area (Å²) in [7, 11) is -3.22. The number of hydrogen-bond donors (Lipinski definition) is 0. The van der Waals surface area contributed by atoms with Crippen molar-refractivity contribution < 1.29 is 18.4 Å². The third-order valence-electron chi connectivity index (χ3n) is 2.49. The Bertz CT molecular complexity index is 293. The Morgan fingerprint density at radius 3 is 2.17 bits per heavy atom. The second kappa shape index (κ2) is 5.85. The van der Waals surface area contributed by atoms with E-state index in [1.807, 2.05) is 0 Å². The smallest absolute Gasteiger partial charge is 0.334 e. The highest BCUT2D eigenvalue weighted by molar-refractivity contribution is 6.70. The lowest BCUT2D eigenvalue weighted by molar-refractivity contribution is -0.167. The van der Waals surface area contributed by atoms with Gasteiger partial charge in [0.15, 0.2) is 16.6 Å². The predicted octanol–water partition coefficient (Wildman–Crippen LogP) is 2.76. The summed E-state index contributed by atoms with van der Waals surface area (Å²) in [5.41, 5.74) is 0. The minimum absolute atomic E-state index is 0.0919. The van der Waals surface area contributed by atoms with Crippen LogP contribution in [0.4, 0.5) is 0 Å². The van der Waals surface area contributed by atoms with Crippen LogP contribution in [0.5, 0.6) is 0 Å². The fourth-order valence-corrected chi connectivity index (χ4v) is 3.50. The van der Waals surface area contributed by atoms with Gasteiger partial charge in [-0.15, -0.1) is 0 Å². The first-order valence-corrected chi connectivity index (χ1v) is 13.4. The zero-order chi connectivity index (χ0) is 14.0. The molecular weight excluding hydrogens is 264 g/mol. The van der Waals surface area contributed by atoms with Crippen molar-refractivity contribution in [1.82, 2.24) is 0 Å². The molecule has 0 N–H and O–H groups in total. The largest absolute Gasteiger partial charge is 0.458 e. The average Bonchev–Trinajstić information content (AvgIpc) is 2.15. The number of esters is 1. The molecule has 1 heterocycles. The van der Waals surface area contributed by atoms with Crippen LogP contribution in [0.1, 0.15) is 12.8 Å². The molecule has 0 aromatic carbocycles. The van der Waals surface area contributed by atoms with Crippen molar-refractivity contribution in [3.8, 4) is 0 Å². The standard InChI is InChI=1S/C12H26O4Si2/c1-17(2,3)14-9-10-7-8-11(12(13)15-10)16-18(4,5)6/h10-11H,7-9H2,1-6H3. The van der Waals surface area contributed by atoms with Gasteiger partial charge in [0, 0.05) is 0 Å². The van der Waals surface area contributed by atoms with Gasteiger partial charge in [0.2, 0.25) is 0 Å². The molecule has 0 spiro atoms. The summed E-state index contributed by atoms with van der Waals surface area (Å²) >= 11 is 0. The zero-order valence-corrected chi connectivity index (χ0v) is 14.4. The van der Waals surface area contributed by atoms with Gasteiger partial charge in [-0.05, 0) is 52.1 Å². The molecule has 1 aliphatic heterocycles. The van der Waals surface area contributed by atoms with Gasteiger partial charge in [-0.1, -0.05) is 0 Å². The van der Waals surface area contributed by atoms with Crippen LogP contribution in [-0.2, 0) is 18.4 Å². The Morgan fingerprint density at radius 2 is 1.72 bits per heavy atom. The second-order valence-corrected chi connectivity index (χ2v) is 15.8. The van der Waals surface area contributed by atoms with Crippen LogP contribution in [0.2, 0.25) is 39.3 Å². The van der Waals surface area contributed by atoms with Crippen molar-refractivity contribution >= 4 is 22.6 Å². The molecule has 1 saturated heterocycles. The molecule has 4 nitrogen and oxygen atoms in total. The maximum atomic E-state index is 11.8. The first-order chi connectivity index (χ1) is 8.07. The lowest BCUT2D eigenvalue weighted by Gasteiger charge is -2.32. The SMILES string of the molecule is C[Si](C)(C)OCC1CCC(O[Si](C)(C)C)C(=O)O1. The molecule has 0 aromatic rings. The molecule has 1 rings (SSSR count). The third kappa shape index (κ3) is 6.13. The quantitative estimate of drug-likeness (QED) is 0.577. The molecule has 0 radical (unpaired) electrons. The molecule has 2 unspecified atom stereocenters. The van der Waals surface area contributed by atoms with Crippen LogP contribution >= 0.6 is 0 Å². The Kier molecular flexibility index (Phi) is 5.17. The van der Waals surface area contributed by atoms with E-state index < -0.39 is 16.6 Å². The Balaban J connectivity index is 2.39. The van der Waals surface area contributed by atoms with Crippen molar-refractivity contribution in [1.29, 1.82) is 0 Å². The molecule has 0 bridgehead atoms. The average molecular weight is 291 g/mol. The van der Waals surface area contributed by atoms with E-state index in [0.717, 1.165) is 12.8 Å². The van der Waals surface area contributed by atoms with Gasteiger partial charge in [-0.25, -0.2) is 4.79 Å². The molecule has 18 heavy (non-hydrogen) atoms. The minimum Gasteiger partial charge on any atom is -0.458 e. The molecule has 2 atom stereocenters. The van der Waals surface area contributed by atoms with Gasteiger partial charge in [0.1, 0.15) is 12.2 Å². The van der Waals surface area contributed by atoms with E-state index in [9.17, 15) is 4.79 Å². The highest BCUT2D eigenvalue weighted by atomic mass is 28.4. The molecule has 0 aliphatic carbocycles. The maximum absolute atomic E-state index is 11.8. The topological polar surface area (TPSA) is 44.8 Å². The molecule has 1 aliphatic rings. The highest BCUT2D eigenvalue weighted by Crippen LogP contribution is 2.21.